The van der Waals surface area contributed by atoms with E-state index in [-0.39, 0.29) is 28.1 Å². The second kappa shape index (κ2) is 11.7. The summed E-state index contributed by atoms with van der Waals surface area (Å²) in [6.45, 7) is 1.17. The van der Waals surface area contributed by atoms with Gasteiger partial charge in [-0.15, -0.1) is 0 Å². The molecule has 0 fully saturated rings. The first-order chi connectivity index (χ1) is 16.6. The van der Waals surface area contributed by atoms with Crippen LogP contribution in [0.15, 0.2) is 88.2 Å². The molecule has 0 aromatic heterocycles. The maximum atomic E-state index is 13.6. The summed E-state index contributed by atoms with van der Waals surface area (Å²) in [5.41, 5.74) is 0.954. The van der Waals surface area contributed by atoms with Crippen LogP contribution in [0.4, 0.5) is 5.69 Å². The first-order valence-electron chi connectivity index (χ1n) is 10.7. The minimum absolute atomic E-state index is 0.0199. The van der Waals surface area contributed by atoms with Gasteiger partial charge in [0.25, 0.3) is 10.0 Å². The monoisotopic (exact) mass is 577 g/mol. The Labute approximate surface area is 218 Å². The summed E-state index contributed by atoms with van der Waals surface area (Å²) < 4.78 is 29.1. The van der Waals surface area contributed by atoms with Crippen LogP contribution in [0.1, 0.15) is 12.5 Å². The molecule has 3 aromatic rings. The zero-order chi connectivity index (χ0) is 25.6. The molecule has 0 radical (unpaired) electrons. The molecule has 10 heteroatoms. The normalized spacial score (nSPS) is 12.0. The fourth-order valence-corrected chi connectivity index (χ4v) is 5.47. The predicted octanol–water partition coefficient (Wildman–Crippen LogP) is 4.46. The molecular weight excluding hydrogens is 554 g/mol. The molecule has 0 aliphatic heterocycles. The van der Waals surface area contributed by atoms with Gasteiger partial charge in [0.2, 0.25) is 11.8 Å². The van der Waals surface area contributed by atoms with Crippen LogP contribution in [-0.4, -0.2) is 44.8 Å². The number of para-hydroxylation sites is 1. The van der Waals surface area contributed by atoms with Gasteiger partial charge in [0.05, 0.1) is 15.6 Å². The standard InChI is InChI=1S/C25H25BrClN3O4S/c1-18(25(32)28-2)29(16-19-12-14-20(26)15-13-19)24(31)17-30(23-11-7-6-10-22(23)27)35(33,34)21-8-4-3-5-9-21/h3-15,18H,16-17H2,1-2H3,(H,28,32)/t18-/m0/s1. The van der Waals surface area contributed by atoms with Gasteiger partial charge in [0.1, 0.15) is 12.6 Å². The molecule has 0 bridgehead atoms. The number of halogens is 2. The van der Waals surface area contributed by atoms with Crippen LogP contribution in [0.5, 0.6) is 0 Å². The van der Waals surface area contributed by atoms with Crippen LogP contribution in [-0.2, 0) is 26.2 Å². The van der Waals surface area contributed by atoms with Crippen molar-refractivity contribution in [3.63, 3.8) is 0 Å². The van der Waals surface area contributed by atoms with Gasteiger partial charge < -0.3 is 10.2 Å². The number of rotatable bonds is 9. The molecular formula is C25H25BrClN3O4S. The topological polar surface area (TPSA) is 86.8 Å². The largest absolute Gasteiger partial charge is 0.357 e. The number of likely N-dealkylation sites (N-methyl/N-ethyl adjacent to an activating group) is 1. The number of nitrogens with zero attached hydrogens (tertiary/aromatic N) is 2. The van der Waals surface area contributed by atoms with E-state index in [1.807, 2.05) is 24.3 Å². The van der Waals surface area contributed by atoms with E-state index in [0.29, 0.717) is 0 Å². The zero-order valence-corrected chi connectivity index (χ0v) is 22.3. The molecule has 0 saturated heterocycles. The average molecular weight is 579 g/mol. The van der Waals surface area contributed by atoms with Crippen molar-refractivity contribution in [3.05, 3.63) is 93.9 Å². The summed E-state index contributed by atoms with van der Waals surface area (Å²) in [6.07, 6.45) is 0. The number of anilines is 1. The molecule has 0 spiro atoms. The SMILES string of the molecule is CNC(=O)[C@H](C)N(Cc1ccc(Br)cc1)C(=O)CN(c1ccccc1Cl)S(=O)(=O)c1ccccc1. The first kappa shape index (κ1) is 26.7. The Hall–Kier alpha value is -2.88. The van der Waals surface area contributed by atoms with Crippen molar-refractivity contribution in [1.82, 2.24) is 10.2 Å². The van der Waals surface area contributed by atoms with Crippen molar-refractivity contribution < 1.29 is 18.0 Å². The smallest absolute Gasteiger partial charge is 0.264 e. The molecule has 7 nitrogen and oxygen atoms in total. The summed E-state index contributed by atoms with van der Waals surface area (Å²) in [4.78, 5) is 27.5. The number of hydrogen-bond acceptors (Lipinski definition) is 4. The number of nitrogens with one attached hydrogen (secondary N) is 1. The lowest BCUT2D eigenvalue weighted by Crippen LogP contribution is -2.50. The number of carbonyl (C=O) groups is 2. The van der Waals surface area contributed by atoms with Crippen molar-refractivity contribution in [2.24, 2.45) is 0 Å². The van der Waals surface area contributed by atoms with Crippen LogP contribution in [0.3, 0.4) is 0 Å². The third-order valence-electron chi connectivity index (χ3n) is 5.41. The van der Waals surface area contributed by atoms with Crippen molar-refractivity contribution in [1.29, 1.82) is 0 Å². The van der Waals surface area contributed by atoms with Gasteiger partial charge >= 0.3 is 0 Å². The molecule has 0 unspecified atom stereocenters. The van der Waals surface area contributed by atoms with E-state index >= 15 is 0 Å². The van der Waals surface area contributed by atoms with Crippen molar-refractivity contribution in [2.45, 2.75) is 24.4 Å². The van der Waals surface area contributed by atoms with E-state index in [2.05, 4.69) is 21.2 Å². The molecule has 0 aliphatic carbocycles. The predicted molar refractivity (Wildman–Crippen MR) is 141 cm³/mol. The number of hydrogen-bond donors (Lipinski definition) is 1. The van der Waals surface area contributed by atoms with Gasteiger partial charge in [-0.3, -0.25) is 13.9 Å². The Kier molecular flexibility index (Phi) is 8.93. The molecule has 0 aliphatic rings. The molecule has 3 aromatic carbocycles. The van der Waals surface area contributed by atoms with E-state index in [4.69, 9.17) is 11.6 Å². The first-order valence-corrected chi connectivity index (χ1v) is 13.3. The van der Waals surface area contributed by atoms with Crippen molar-refractivity contribution in [3.8, 4) is 0 Å². The van der Waals surface area contributed by atoms with Crippen LogP contribution in [0, 0.1) is 0 Å². The van der Waals surface area contributed by atoms with Crippen molar-refractivity contribution in [2.75, 3.05) is 17.9 Å². The highest BCUT2D eigenvalue weighted by atomic mass is 79.9. The fraction of sp³-hybridized carbons (Fsp3) is 0.200. The molecule has 0 heterocycles. The fourth-order valence-electron chi connectivity index (χ4n) is 3.47. The Bertz CT molecular complexity index is 1290. The summed E-state index contributed by atoms with van der Waals surface area (Å²) in [5, 5.41) is 2.73. The minimum atomic E-state index is -4.14. The number of benzene rings is 3. The molecule has 184 valence electrons. The second-order valence-electron chi connectivity index (χ2n) is 7.71. The lowest BCUT2D eigenvalue weighted by molar-refractivity contribution is -0.139. The van der Waals surface area contributed by atoms with Crippen LogP contribution < -0.4 is 9.62 Å². The quantitative estimate of drug-likeness (QED) is 0.406. The number of carbonyl (C=O) groups excluding carboxylic acids is 2. The molecule has 35 heavy (non-hydrogen) atoms. The molecule has 2 amide bonds. The van der Waals surface area contributed by atoms with Gasteiger partial charge in [-0.05, 0) is 48.9 Å². The highest BCUT2D eigenvalue weighted by Gasteiger charge is 2.33. The Morgan fingerprint density at radius 2 is 1.57 bits per heavy atom. The Balaban J connectivity index is 2.03. The van der Waals surface area contributed by atoms with Crippen molar-refractivity contribution >= 4 is 55.1 Å². The Morgan fingerprint density at radius 1 is 0.971 bits per heavy atom. The molecule has 0 saturated carbocycles. The van der Waals surface area contributed by atoms with E-state index in [1.54, 1.807) is 43.3 Å². The van der Waals surface area contributed by atoms with Gasteiger partial charge in [-0.1, -0.05) is 70.0 Å². The lowest BCUT2D eigenvalue weighted by Gasteiger charge is -2.32. The van der Waals surface area contributed by atoms with Gasteiger partial charge in [0.15, 0.2) is 0 Å². The maximum absolute atomic E-state index is 13.6. The van der Waals surface area contributed by atoms with Gasteiger partial charge in [-0.2, -0.15) is 0 Å². The summed E-state index contributed by atoms with van der Waals surface area (Å²) in [6, 6.07) is 20.7. The van der Waals surface area contributed by atoms with Gasteiger partial charge in [0, 0.05) is 18.1 Å². The van der Waals surface area contributed by atoms with E-state index in [9.17, 15) is 18.0 Å². The molecule has 1 N–H and O–H groups in total. The lowest BCUT2D eigenvalue weighted by atomic mass is 10.1. The summed E-state index contributed by atoms with van der Waals surface area (Å²) in [7, 11) is -2.66. The van der Waals surface area contributed by atoms with Crippen LogP contribution >= 0.6 is 27.5 Å². The minimum Gasteiger partial charge on any atom is -0.357 e. The zero-order valence-electron chi connectivity index (χ0n) is 19.2. The van der Waals surface area contributed by atoms with Crippen LogP contribution in [0.2, 0.25) is 5.02 Å². The third kappa shape index (κ3) is 6.42. The number of sulfonamides is 1. The van der Waals surface area contributed by atoms with E-state index in [1.165, 1.54) is 30.1 Å². The maximum Gasteiger partial charge on any atom is 0.264 e. The summed E-state index contributed by atoms with van der Waals surface area (Å²) >= 11 is 9.74. The Morgan fingerprint density at radius 3 is 2.17 bits per heavy atom. The van der Waals surface area contributed by atoms with Gasteiger partial charge in [-0.25, -0.2) is 8.42 Å². The third-order valence-corrected chi connectivity index (χ3v) is 8.03. The number of amides is 2. The highest BCUT2D eigenvalue weighted by molar-refractivity contribution is 9.10. The summed E-state index contributed by atoms with van der Waals surface area (Å²) in [5.74, 6) is -0.922. The average Bonchev–Trinajstić information content (AvgIpc) is 2.86. The highest BCUT2D eigenvalue weighted by Crippen LogP contribution is 2.30. The van der Waals surface area contributed by atoms with Crippen LogP contribution in [0.25, 0.3) is 0 Å². The molecule has 3 rings (SSSR count). The van der Waals surface area contributed by atoms with E-state index in [0.717, 1.165) is 14.3 Å². The molecule has 1 atom stereocenters. The van der Waals surface area contributed by atoms with E-state index < -0.39 is 28.5 Å². The second-order valence-corrected chi connectivity index (χ2v) is 10.9.